The first-order valence-electron chi connectivity index (χ1n) is 9.42. The second kappa shape index (κ2) is 7.31. The number of aryl methyl sites for hydroxylation is 2. The summed E-state index contributed by atoms with van der Waals surface area (Å²) >= 11 is 0. The van der Waals surface area contributed by atoms with Gasteiger partial charge in [-0.25, -0.2) is 0 Å². The minimum absolute atomic E-state index is 0.102. The van der Waals surface area contributed by atoms with Gasteiger partial charge in [-0.3, -0.25) is 9.59 Å². The molecular weight excluding hydrogens is 348 g/mol. The van der Waals surface area contributed by atoms with Gasteiger partial charge in [0.15, 0.2) is 0 Å². The fourth-order valence-electron chi connectivity index (χ4n) is 3.54. The van der Waals surface area contributed by atoms with Crippen molar-refractivity contribution in [2.45, 2.75) is 20.3 Å². The summed E-state index contributed by atoms with van der Waals surface area (Å²) in [5.74, 6) is -0.125. The van der Waals surface area contributed by atoms with E-state index in [1.165, 1.54) is 5.56 Å². The molecule has 4 rings (SSSR count). The highest BCUT2D eigenvalue weighted by Crippen LogP contribution is 2.19. The molecule has 0 spiro atoms. The van der Waals surface area contributed by atoms with Crippen LogP contribution in [0.4, 0.5) is 0 Å². The minimum atomic E-state index is -0.125. The Labute approximate surface area is 163 Å². The van der Waals surface area contributed by atoms with Crippen molar-refractivity contribution in [3.8, 4) is 0 Å². The lowest BCUT2D eigenvalue weighted by Gasteiger charge is -2.09. The molecule has 1 aromatic heterocycles. The first kappa shape index (κ1) is 18.0. The highest BCUT2D eigenvalue weighted by Gasteiger charge is 2.10. The summed E-state index contributed by atoms with van der Waals surface area (Å²) in [5, 5.41) is 5.92. The van der Waals surface area contributed by atoms with Crippen molar-refractivity contribution in [2.75, 3.05) is 6.54 Å². The molecule has 0 atom stereocenters. The van der Waals surface area contributed by atoms with E-state index in [9.17, 15) is 9.59 Å². The highest BCUT2D eigenvalue weighted by molar-refractivity contribution is 6.07. The van der Waals surface area contributed by atoms with Gasteiger partial charge < -0.3 is 10.3 Å². The van der Waals surface area contributed by atoms with Crippen LogP contribution in [0.25, 0.3) is 21.7 Å². The van der Waals surface area contributed by atoms with Gasteiger partial charge in [0.1, 0.15) is 0 Å². The summed E-state index contributed by atoms with van der Waals surface area (Å²) < 4.78 is 0. The van der Waals surface area contributed by atoms with Crippen molar-refractivity contribution in [3.63, 3.8) is 0 Å². The highest BCUT2D eigenvalue weighted by atomic mass is 16.1. The molecule has 0 aliphatic carbocycles. The van der Waals surface area contributed by atoms with E-state index >= 15 is 0 Å². The first-order chi connectivity index (χ1) is 13.5. The van der Waals surface area contributed by atoms with Gasteiger partial charge in [0.25, 0.3) is 11.5 Å². The number of fused-ring (bicyclic) bond motifs is 2. The van der Waals surface area contributed by atoms with Crippen molar-refractivity contribution in [2.24, 2.45) is 0 Å². The van der Waals surface area contributed by atoms with Crippen molar-refractivity contribution in [3.05, 3.63) is 93.3 Å². The molecule has 4 heteroatoms. The van der Waals surface area contributed by atoms with Gasteiger partial charge in [0.2, 0.25) is 0 Å². The zero-order valence-electron chi connectivity index (χ0n) is 16.0. The van der Waals surface area contributed by atoms with E-state index < -0.39 is 0 Å². The Morgan fingerprint density at radius 2 is 1.68 bits per heavy atom. The topological polar surface area (TPSA) is 62.0 Å². The Morgan fingerprint density at radius 3 is 2.54 bits per heavy atom. The van der Waals surface area contributed by atoms with Gasteiger partial charge in [-0.05, 0) is 71.8 Å². The molecular formula is C24H22N2O2. The molecule has 0 fully saturated rings. The number of carbonyl (C=O) groups is 1. The molecule has 0 radical (unpaired) electrons. The van der Waals surface area contributed by atoms with Gasteiger partial charge in [-0.1, -0.05) is 36.4 Å². The van der Waals surface area contributed by atoms with E-state index in [0.717, 1.165) is 27.2 Å². The molecule has 0 aliphatic heterocycles. The van der Waals surface area contributed by atoms with E-state index in [1.807, 2.05) is 61.5 Å². The standard InChI is InChI=1S/C24H22N2O2/c1-15-12-19-14-18(23(27)26-22(19)13-16(15)2)10-11-25-24(28)21-9-5-7-17-6-3-4-8-20(17)21/h3-9,12-14H,10-11H2,1-2H3,(H,25,28)(H,26,27). The zero-order chi connectivity index (χ0) is 19.7. The van der Waals surface area contributed by atoms with Crippen molar-refractivity contribution in [1.82, 2.24) is 10.3 Å². The first-order valence-corrected chi connectivity index (χ1v) is 9.42. The van der Waals surface area contributed by atoms with Crippen LogP contribution in [0.2, 0.25) is 0 Å². The third-order valence-electron chi connectivity index (χ3n) is 5.25. The minimum Gasteiger partial charge on any atom is -0.352 e. The van der Waals surface area contributed by atoms with Crippen LogP contribution < -0.4 is 10.9 Å². The number of aromatic nitrogens is 1. The van der Waals surface area contributed by atoms with Crippen LogP contribution in [0.1, 0.15) is 27.0 Å². The molecule has 4 nitrogen and oxygen atoms in total. The predicted molar refractivity (Wildman–Crippen MR) is 114 cm³/mol. The van der Waals surface area contributed by atoms with Gasteiger partial charge >= 0.3 is 0 Å². The van der Waals surface area contributed by atoms with Crippen molar-refractivity contribution in [1.29, 1.82) is 0 Å². The van der Waals surface area contributed by atoms with Crippen LogP contribution in [-0.2, 0) is 6.42 Å². The van der Waals surface area contributed by atoms with Crippen molar-refractivity contribution < 1.29 is 4.79 Å². The number of hydrogen-bond donors (Lipinski definition) is 2. The van der Waals surface area contributed by atoms with Crippen LogP contribution in [-0.4, -0.2) is 17.4 Å². The number of pyridine rings is 1. The lowest BCUT2D eigenvalue weighted by Crippen LogP contribution is -2.27. The third-order valence-corrected chi connectivity index (χ3v) is 5.25. The molecule has 0 saturated carbocycles. The number of hydrogen-bond acceptors (Lipinski definition) is 2. The Balaban J connectivity index is 1.52. The van der Waals surface area contributed by atoms with E-state index in [2.05, 4.69) is 23.3 Å². The summed E-state index contributed by atoms with van der Waals surface area (Å²) in [6.07, 6.45) is 0.481. The average Bonchev–Trinajstić information content (AvgIpc) is 2.69. The second-order valence-corrected chi connectivity index (χ2v) is 7.18. The van der Waals surface area contributed by atoms with Gasteiger partial charge in [0.05, 0.1) is 0 Å². The molecule has 3 aromatic carbocycles. The van der Waals surface area contributed by atoms with Gasteiger partial charge in [-0.2, -0.15) is 0 Å². The van der Waals surface area contributed by atoms with E-state index in [0.29, 0.717) is 24.1 Å². The Morgan fingerprint density at radius 1 is 0.929 bits per heavy atom. The Bertz CT molecular complexity index is 1250. The maximum Gasteiger partial charge on any atom is 0.251 e. The molecule has 2 N–H and O–H groups in total. The summed E-state index contributed by atoms with van der Waals surface area (Å²) in [7, 11) is 0. The number of carbonyl (C=O) groups excluding carboxylic acids is 1. The maximum absolute atomic E-state index is 12.6. The Kier molecular flexibility index (Phi) is 4.70. The normalized spacial score (nSPS) is 11.1. The van der Waals surface area contributed by atoms with E-state index in [1.54, 1.807) is 0 Å². The number of rotatable bonds is 4. The fourth-order valence-corrected chi connectivity index (χ4v) is 3.54. The van der Waals surface area contributed by atoms with Crippen LogP contribution in [0.5, 0.6) is 0 Å². The number of aromatic amines is 1. The lowest BCUT2D eigenvalue weighted by molar-refractivity contribution is 0.0956. The average molecular weight is 370 g/mol. The van der Waals surface area contributed by atoms with E-state index in [4.69, 9.17) is 0 Å². The smallest absolute Gasteiger partial charge is 0.251 e. The molecule has 140 valence electrons. The summed E-state index contributed by atoms with van der Waals surface area (Å²) in [5.41, 5.74) is 4.41. The summed E-state index contributed by atoms with van der Waals surface area (Å²) in [4.78, 5) is 28.0. The number of amides is 1. The molecule has 0 aliphatic rings. The maximum atomic E-state index is 12.6. The molecule has 1 amide bonds. The monoisotopic (exact) mass is 370 g/mol. The number of benzene rings is 3. The molecule has 0 saturated heterocycles. The summed E-state index contributed by atoms with van der Waals surface area (Å²) in [6, 6.07) is 19.5. The van der Waals surface area contributed by atoms with Crippen LogP contribution >= 0.6 is 0 Å². The third kappa shape index (κ3) is 3.41. The lowest BCUT2D eigenvalue weighted by atomic mass is 10.0. The fraction of sp³-hybridized carbons (Fsp3) is 0.167. The molecule has 28 heavy (non-hydrogen) atoms. The van der Waals surface area contributed by atoms with E-state index in [-0.39, 0.29) is 11.5 Å². The molecule has 4 aromatic rings. The zero-order valence-corrected chi connectivity index (χ0v) is 16.0. The van der Waals surface area contributed by atoms with Crippen LogP contribution in [0.15, 0.2) is 65.5 Å². The number of H-pyrrole nitrogens is 1. The van der Waals surface area contributed by atoms with Gasteiger partial charge in [0, 0.05) is 23.2 Å². The van der Waals surface area contributed by atoms with Gasteiger partial charge in [-0.15, -0.1) is 0 Å². The van der Waals surface area contributed by atoms with Crippen LogP contribution in [0.3, 0.4) is 0 Å². The molecule has 1 heterocycles. The largest absolute Gasteiger partial charge is 0.352 e. The SMILES string of the molecule is Cc1cc2cc(CCNC(=O)c3cccc4ccccc34)c(=O)[nH]c2cc1C. The molecule has 0 unspecified atom stereocenters. The van der Waals surface area contributed by atoms with Crippen LogP contribution in [0, 0.1) is 13.8 Å². The summed E-state index contributed by atoms with van der Waals surface area (Å²) in [6.45, 7) is 4.50. The Hall–Kier alpha value is -3.40. The number of nitrogens with one attached hydrogen (secondary N) is 2. The van der Waals surface area contributed by atoms with Crippen molar-refractivity contribution >= 4 is 27.6 Å². The molecule has 0 bridgehead atoms. The quantitative estimate of drug-likeness (QED) is 0.563. The second-order valence-electron chi connectivity index (χ2n) is 7.18. The predicted octanol–water partition coefficient (Wildman–Crippen LogP) is 4.27.